The Morgan fingerprint density at radius 2 is 2.25 bits per heavy atom. The SMILES string of the molecule is CC(=O)C1(N)COC1. The highest BCUT2D eigenvalue weighted by atomic mass is 16.5. The molecule has 0 bridgehead atoms. The molecule has 2 N–H and O–H groups in total. The Kier molecular flexibility index (Phi) is 1.10. The van der Waals surface area contributed by atoms with Gasteiger partial charge in [0.1, 0.15) is 5.54 Å². The Labute approximate surface area is 47.8 Å². The van der Waals surface area contributed by atoms with Gasteiger partial charge in [0, 0.05) is 0 Å². The van der Waals surface area contributed by atoms with Crippen molar-refractivity contribution >= 4 is 5.78 Å². The van der Waals surface area contributed by atoms with E-state index in [0.29, 0.717) is 13.2 Å². The summed E-state index contributed by atoms with van der Waals surface area (Å²) in [6.07, 6.45) is 0. The molecule has 3 nitrogen and oxygen atoms in total. The zero-order valence-electron chi connectivity index (χ0n) is 4.81. The van der Waals surface area contributed by atoms with E-state index in [2.05, 4.69) is 0 Å². The Hall–Kier alpha value is -0.410. The molecule has 1 heterocycles. The van der Waals surface area contributed by atoms with Crippen LogP contribution in [0.1, 0.15) is 6.92 Å². The summed E-state index contributed by atoms with van der Waals surface area (Å²) >= 11 is 0. The van der Waals surface area contributed by atoms with Crippen molar-refractivity contribution in [2.24, 2.45) is 5.73 Å². The first-order valence-corrected chi connectivity index (χ1v) is 2.53. The summed E-state index contributed by atoms with van der Waals surface area (Å²) in [4.78, 5) is 10.5. The van der Waals surface area contributed by atoms with Crippen LogP contribution in [0.3, 0.4) is 0 Å². The number of Topliss-reactive ketones (excluding diaryl/α,β-unsaturated/α-hetero) is 1. The van der Waals surface area contributed by atoms with Crippen LogP contribution in [0, 0.1) is 0 Å². The second kappa shape index (κ2) is 1.53. The Morgan fingerprint density at radius 3 is 2.25 bits per heavy atom. The van der Waals surface area contributed by atoms with Crippen LogP contribution in [0.25, 0.3) is 0 Å². The fourth-order valence-corrected chi connectivity index (χ4v) is 0.525. The topological polar surface area (TPSA) is 52.3 Å². The number of rotatable bonds is 1. The van der Waals surface area contributed by atoms with Crippen molar-refractivity contribution in [3.63, 3.8) is 0 Å². The first-order valence-electron chi connectivity index (χ1n) is 2.53. The summed E-state index contributed by atoms with van der Waals surface area (Å²) in [7, 11) is 0. The van der Waals surface area contributed by atoms with Gasteiger partial charge in [-0.15, -0.1) is 0 Å². The predicted octanol–water partition coefficient (Wildman–Crippen LogP) is -0.697. The van der Waals surface area contributed by atoms with Gasteiger partial charge in [0.15, 0.2) is 5.78 Å². The summed E-state index contributed by atoms with van der Waals surface area (Å²) in [5, 5.41) is 0. The molecule has 0 aromatic rings. The molecule has 0 amide bonds. The first-order chi connectivity index (χ1) is 3.65. The molecular weight excluding hydrogens is 106 g/mol. The Balaban J connectivity index is 2.53. The predicted molar refractivity (Wildman–Crippen MR) is 28.4 cm³/mol. The molecule has 3 heteroatoms. The quantitative estimate of drug-likeness (QED) is 0.491. The van der Waals surface area contributed by atoms with Gasteiger partial charge in [-0.3, -0.25) is 4.79 Å². The molecule has 46 valence electrons. The lowest BCUT2D eigenvalue weighted by Crippen LogP contribution is -2.62. The third-order valence-electron chi connectivity index (χ3n) is 1.42. The largest absolute Gasteiger partial charge is 0.376 e. The van der Waals surface area contributed by atoms with E-state index in [-0.39, 0.29) is 5.78 Å². The smallest absolute Gasteiger partial charge is 0.154 e. The van der Waals surface area contributed by atoms with E-state index in [1.807, 2.05) is 0 Å². The molecule has 0 aromatic carbocycles. The third-order valence-corrected chi connectivity index (χ3v) is 1.42. The van der Waals surface area contributed by atoms with Gasteiger partial charge in [-0.25, -0.2) is 0 Å². The first kappa shape index (κ1) is 5.72. The van der Waals surface area contributed by atoms with Crippen molar-refractivity contribution < 1.29 is 9.53 Å². The van der Waals surface area contributed by atoms with Crippen LogP contribution in [-0.2, 0) is 9.53 Å². The highest BCUT2D eigenvalue weighted by Crippen LogP contribution is 2.13. The lowest BCUT2D eigenvalue weighted by Gasteiger charge is -2.34. The lowest BCUT2D eigenvalue weighted by atomic mass is 9.95. The third kappa shape index (κ3) is 0.638. The van der Waals surface area contributed by atoms with Crippen LogP contribution in [0.2, 0.25) is 0 Å². The molecule has 1 saturated heterocycles. The van der Waals surface area contributed by atoms with Crippen molar-refractivity contribution in [1.82, 2.24) is 0 Å². The molecule has 0 spiro atoms. The molecule has 1 aliphatic heterocycles. The van der Waals surface area contributed by atoms with Gasteiger partial charge in [-0.1, -0.05) is 0 Å². The number of nitrogens with two attached hydrogens (primary N) is 1. The molecule has 0 aromatic heterocycles. The van der Waals surface area contributed by atoms with Gasteiger partial charge >= 0.3 is 0 Å². The fraction of sp³-hybridized carbons (Fsp3) is 0.800. The molecule has 1 rings (SSSR count). The Morgan fingerprint density at radius 1 is 1.75 bits per heavy atom. The highest BCUT2D eigenvalue weighted by Gasteiger charge is 2.38. The van der Waals surface area contributed by atoms with Crippen LogP contribution < -0.4 is 5.73 Å². The van der Waals surface area contributed by atoms with E-state index in [1.54, 1.807) is 0 Å². The Bertz CT molecular complexity index is 118. The van der Waals surface area contributed by atoms with Crippen LogP contribution in [0.5, 0.6) is 0 Å². The standard InChI is InChI=1S/C5H9NO2/c1-4(7)5(6)2-8-3-5/h2-3,6H2,1H3. The number of carbonyl (C=O) groups excluding carboxylic acids is 1. The monoisotopic (exact) mass is 115 g/mol. The van der Waals surface area contributed by atoms with Gasteiger partial charge in [0.25, 0.3) is 0 Å². The zero-order chi connectivity index (χ0) is 6.20. The van der Waals surface area contributed by atoms with E-state index in [9.17, 15) is 4.79 Å². The maximum absolute atomic E-state index is 10.5. The zero-order valence-corrected chi connectivity index (χ0v) is 4.81. The number of hydrogen-bond acceptors (Lipinski definition) is 3. The summed E-state index contributed by atoms with van der Waals surface area (Å²) in [5.74, 6) is 0.0174. The average molecular weight is 115 g/mol. The molecule has 0 radical (unpaired) electrons. The van der Waals surface area contributed by atoms with Crippen molar-refractivity contribution in [3.8, 4) is 0 Å². The number of hydrogen-bond donors (Lipinski definition) is 1. The van der Waals surface area contributed by atoms with E-state index in [0.717, 1.165) is 0 Å². The molecule has 0 atom stereocenters. The van der Waals surface area contributed by atoms with E-state index >= 15 is 0 Å². The van der Waals surface area contributed by atoms with Crippen molar-refractivity contribution in [2.45, 2.75) is 12.5 Å². The normalized spacial score (nSPS) is 24.2. The van der Waals surface area contributed by atoms with E-state index in [1.165, 1.54) is 6.92 Å². The second-order valence-corrected chi connectivity index (χ2v) is 2.21. The van der Waals surface area contributed by atoms with Gasteiger partial charge in [-0.05, 0) is 6.92 Å². The minimum Gasteiger partial charge on any atom is -0.376 e. The summed E-state index contributed by atoms with van der Waals surface area (Å²) in [5.41, 5.74) is 4.83. The molecule has 0 saturated carbocycles. The average Bonchev–Trinajstić information content (AvgIpc) is 1.60. The minimum absolute atomic E-state index is 0.0174. The van der Waals surface area contributed by atoms with Crippen molar-refractivity contribution in [2.75, 3.05) is 13.2 Å². The summed E-state index contributed by atoms with van der Waals surface area (Å²) in [6, 6.07) is 0. The molecular formula is C5H9NO2. The maximum atomic E-state index is 10.5. The minimum atomic E-state index is -0.639. The van der Waals surface area contributed by atoms with Crippen LogP contribution in [-0.4, -0.2) is 24.5 Å². The van der Waals surface area contributed by atoms with Crippen LogP contribution in [0.4, 0.5) is 0 Å². The van der Waals surface area contributed by atoms with Crippen LogP contribution in [0.15, 0.2) is 0 Å². The highest BCUT2D eigenvalue weighted by molar-refractivity contribution is 5.87. The molecule has 0 unspecified atom stereocenters. The number of ether oxygens (including phenoxy) is 1. The van der Waals surface area contributed by atoms with Gasteiger partial charge < -0.3 is 10.5 Å². The number of carbonyl (C=O) groups is 1. The summed E-state index contributed by atoms with van der Waals surface area (Å²) < 4.78 is 4.75. The maximum Gasteiger partial charge on any atom is 0.154 e. The molecule has 8 heavy (non-hydrogen) atoms. The second-order valence-electron chi connectivity index (χ2n) is 2.21. The van der Waals surface area contributed by atoms with Crippen LogP contribution >= 0.6 is 0 Å². The fourth-order valence-electron chi connectivity index (χ4n) is 0.525. The van der Waals surface area contributed by atoms with Crippen molar-refractivity contribution in [1.29, 1.82) is 0 Å². The molecule has 1 fully saturated rings. The molecule has 0 aliphatic carbocycles. The van der Waals surface area contributed by atoms with Gasteiger partial charge in [0.05, 0.1) is 13.2 Å². The number of ketones is 1. The van der Waals surface area contributed by atoms with E-state index in [4.69, 9.17) is 10.5 Å². The molecule has 1 aliphatic rings. The van der Waals surface area contributed by atoms with Gasteiger partial charge in [-0.2, -0.15) is 0 Å². The lowest BCUT2D eigenvalue weighted by molar-refractivity contribution is -0.138. The van der Waals surface area contributed by atoms with Crippen molar-refractivity contribution in [3.05, 3.63) is 0 Å². The summed E-state index contributed by atoms with van der Waals surface area (Å²) in [6.45, 7) is 2.27. The van der Waals surface area contributed by atoms with E-state index < -0.39 is 5.54 Å². The van der Waals surface area contributed by atoms with Gasteiger partial charge in [0.2, 0.25) is 0 Å².